The van der Waals surface area contributed by atoms with Crippen LogP contribution in [0.1, 0.15) is 0 Å². The predicted octanol–water partition coefficient (Wildman–Crippen LogP) is 4.02. The molecule has 0 aromatic heterocycles. The molecule has 0 spiro atoms. The lowest BCUT2D eigenvalue weighted by molar-refractivity contribution is 0.415. The highest BCUT2D eigenvalue weighted by Gasteiger charge is 1.98. The number of ether oxygens (including phenoxy) is 1. The quantitative estimate of drug-likeness (QED) is 0.740. The second-order valence-electron chi connectivity index (χ2n) is 3.24. The van der Waals surface area contributed by atoms with Gasteiger partial charge in [0.25, 0.3) is 0 Å². The van der Waals surface area contributed by atoms with Crippen LogP contribution in [0.4, 0.5) is 0 Å². The third-order valence-electron chi connectivity index (χ3n) is 2.25. The molecule has 0 aliphatic carbocycles. The first kappa shape index (κ1) is 10.1. The Labute approximate surface area is 94.3 Å². The molecule has 2 aromatic carbocycles. The highest BCUT2D eigenvalue weighted by atomic mass is 35.5. The van der Waals surface area contributed by atoms with Crippen LogP contribution in [0.5, 0.6) is 5.75 Å². The zero-order chi connectivity index (χ0) is 10.7. The Morgan fingerprint density at radius 2 is 1.67 bits per heavy atom. The molecule has 2 heteroatoms. The summed E-state index contributed by atoms with van der Waals surface area (Å²) in [6.45, 7) is 0. The van der Waals surface area contributed by atoms with Gasteiger partial charge in [0.15, 0.2) is 0 Å². The number of methoxy groups -OCH3 is 1. The van der Waals surface area contributed by atoms with E-state index in [1.165, 1.54) is 0 Å². The Bertz CT molecular complexity index is 448. The van der Waals surface area contributed by atoms with Crippen LogP contribution in [0.3, 0.4) is 0 Å². The van der Waals surface area contributed by atoms with Crippen LogP contribution in [0.25, 0.3) is 11.1 Å². The number of benzene rings is 2. The smallest absolute Gasteiger partial charge is 0.118 e. The van der Waals surface area contributed by atoms with E-state index in [9.17, 15) is 0 Å². The number of hydrogen-bond acceptors (Lipinski definition) is 1. The van der Waals surface area contributed by atoms with Crippen molar-refractivity contribution < 1.29 is 4.74 Å². The lowest BCUT2D eigenvalue weighted by Gasteiger charge is -2.03. The van der Waals surface area contributed by atoms with Gasteiger partial charge in [-0.05, 0) is 35.4 Å². The summed E-state index contributed by atoms with van der Waals surface area (Å²) in [4.78, 5) is 0. The normalized spacial score (nSPS) is 10.0. The molecule has 0 saturated carbocycles. The van der Waals surface area contributed by atoms with E-state index in [0.29, 0.717) is 0 Å². The minimum atomic E-state index is 0.753. The number of halogens is 1. The molecule has 0 bridgehead atoms. The molecule has 0 atom stereocenters. The van der Waals surface area contributed by atoms with Crippen LogP contribution >= 0.6 is 11.6 Å². The van der Waals surface area contributed by atoms with Crippen molar-refractivity contribution >= 4 is 11.6 Å². The van der Waals surface area contributed by atoms with E-state index >= 15 is 0 Å². The highest BCUT2D eigenvalue weighted by Crippen LogP contribution is 2.24. The zero-order valence-electron chi connectivity index (χ0n) is 8.41. The SMILES string of the molecule is COc1ccc(-c2cccc(Cl)c2)cc1. The second kappa shape index (κ2) is 4.37. The molecular formula is C13H11ClO. The van der Waals surface area contributed by atoms with Crippen LogP contribution in [0.2, 0.25) is 5.02 Å². The summed E-state index contributed by atoms with van der Waals surface area (Å²) in [6.07, 6.45) is 0. The molecular weight excluding hydrogens is 208 g/mol. The van der Waals surface area contributed by atoms with Gasteiger partial charge in [0.1, 0.15) is 5.75 Å². The van der Waals surface area contributed by atoms with Gasteiger partial charge in [0, 0.05) is 5.02 Å². The van der Waals surface area contributed by atoms with Crippen LogP contribution in [-0.2, 0) is 0 Å². The standard InChI is InChI=1S/C13H11ClO/c1-15-13-7-5-10(6-8-13)11-3-2-4-12(14)9-11/h2-9H,1H3. The van der Waals surface area contributed by atoms with Gasteiger partial charge in [-0.3, -0.25) is 0 Å². The monoisotopic (exact) mass is 218 g/mol. The van der Waals surface area contributed by atoms with Gasteiger partial charge in [-0.1, -0.05) is 35.9 Å². The summed E-state index contributed by atoms with van der Waals surface area (Å²) in [5.41, 5.74) is 2.25. The molecule has 1 nitrogen and oxygen atoms in total. The van der Waals surface area contributed by atoms with Crippen molar-refractivity contribution in [2.24, 2.45) is 0 Å². The molecule has 0 saturated heterocycles. The van der Waals surface area contributed by atoms with Gasteiger partial charge in [-0.2, -0.15) is 0 Å². The molecule has 15 heavy (non-hydrogen) atoms. The first-order chi connectivity index (χ1) is 7.29. The number of hydrogen-bond donors (Lipinski definition) is 0. The van der Waals surface area contributed by atoms with Crippen LogP contribution in [-0.4, -0.2) is 7.11 Å². The first-order valence-corrected chi connectivity index (χ1v) is 5.07. The molecule has 76 valence electrons. The van der Waals surface area contributed by atoms with Gasteiger partial charge in [0.2, 0.25) is 0 Å². The lowest BCUT2D eigenvalue weighted by atomic mass is 10.1. The van der Waals surface area contributed by atoms with E-state index < -0.39 is 0 Å². The van der Waals surface area contributed by atoms with E-state index in [-0.39, 0.29) is 0 Å². The first-order valence-electron chi connectivity index (χ1n) is 4.69. The molecule has 2 aromatic rings. The summed E-state index contributed by atoms with van der Waals surface area (Å²) >= 11 is 5.93. The Morgan fingerprint density at radius 3 is 2.27 bits per heavy atom. The summed E-state index contributed by atoms with van der Waals surface area (Å²) in [7, 11) is 1.66. The third-order valence-corrected chi connectivity index (χ3v) is 2.48. The van der Waals surface area contributed by atoms with Gasteiger partial charge < -0.3 is 4.74 Å². The van der Waals surface area contributed by atoms with Crippen molar-refractivity contribution in [2.45, 2.75) is 0 Å². The van der Waals surface area contributed by atoms with Crippen molar-refractivity contribution in [2.75, 3.05) is 7.11 Å². The van der Waals surface area contributed by atoms with Crippen LogP contribution in [0.15, 0.2) is 48.5 Å². The fourth-order valence-electron chi connectivity index (χ4n) is 1.45. The van der Waals surface area contributed by atoms with Crippen LogP contribution in [0, 0.1) is 0 Å². The van der Waals surface area contributed by atoms with E-state index in [1.807, 2.05) is 48.5 Å². The Hall–Kier alpha value is -1.47. The van der Waals surface area contributed by atoms with Crippen molar-refractivity contribution in [1.29, 1.82) is 0 Å². The minimum absolute atomic E-state index is 0.753. The minimum Gasteiger partial charge on any atom is -0.497 e. The third kappa shape index (κ3) is 2.31. The van der Waals surface area contributed by atoms with Crippen molar-refractivity contribution in [1.82, 2.24) is 0 Å². The largest absolute Gasteiger partial charge is 0.497 e. The fourth-order valence-corrected chi connectivity index (χ4v) is 1.64. The van der Waals surface area contributed by atoms with Gasteiger partial charge in [0.05, 0.1) is 7.11 Å². The lowest BCUT2D eigenvalue weighted by Crippen LogP contribution is -1.82. The van der Waals surface area contributed by atoms with Gasteiger partial charge in [-0.15, -0.1) is 0 Å². The average Bonchev–Trinajstić information content (AvgIpc) is 2.29. The molecule has 0 fully saturated rings. The molecule has 0 amide bonds. The van der Waals surface area contributed by atoms with E-state index in [2.05, 4.69) is 0 Å². The van der Waals surface area contributed by atoms with E-state index in [4.69, 9.17) is 16.3 Å². The van der Waals surface area contributed by atoms with E-state index in [0.717, 1.165) is 21.9 Å². The maximum atomic E-state index is 5.93. The molecule has 0 radical (unpaired) electrons. The zero-order valence-corrected chi connectivity index (χ0v) is 9.16. The summed E-state index contributed by atoms with van der Waals surface area (Å²) in [5, 5.41) is 0.753. The topological polar surface area (TPSA) is 9.23 Å². The van der Waals surface area contributed by atoms with E-state index in [1.54, 1.807) is 7.11 Å². The maximum Gasteiger partial charge on any atom is 0.118 e. The molecule has 0 unspecified atom stereocenters. The van der Waals surface area contributed by atoms with Crippen LogP contribution < -0.4 is 4.74 Å². The predicted molar refractivity (Wildman–Crippen MR) is 63.4 cm³/mol. The van der Waals surface area contributed by atoms with Crippen molar-refractivity contribution in [3.63, 3.8) is 0 Å². The Balaban J connectivity index is 2.37. The molecule has 0 aliphatic rings. The average molecular weight is 219 g/mol. The Morgan fingerprint density at radius 1 is 0.933 bits per heavy atom. The highest BCUT2D eigenvalue weighted by molar-refractivity contribution is 6.30. The maximum absolute atomic E-state index is 5.93. The van der Waals surface area contributed by atoms with Crippen molar-refractivity contribution in [3.05, 3.63) is 53.6 Å². The van der Waals surface area contributed by atoms with Gasteiger partial charge >= 0.3 is 0 Å². The fraction of sp³-hybridized carbons (Fsp3) is 0.0769. The molecule has 0 aliphatic heterocycles. The summed E-state index contributed by atoms with van der Waals surface area (Å²) in [6, 6.07) is 15.7. The summed E-state index contributed by atoms with van der Waals surface area (Å²) < 4.78 is 5.10. The molecule has 0 heterocycles. The van der Waals surface area contributed by atoms with Crippen molar-refractivity contribution in [3.8, 4) is 16.9 Å². The molecule has 2 rings (SSSR count). The summed E-state index contributed by atoms with van der Waals surface area (Å²) in [5.74, 6) is 0.862. The second-order valence-corrected chi connectivity index (χ2v) is 3.68. The number of rotatable bonds is 2. The molecule has 0 N–H and O–H groups in total. The Kier molecular flexibility index (Phi) is 2.93. The van der Waals surface area contributed by atoms with Gasteiger partial charge in [-0.25, -0.2) is 0 Å².